The van der Waals surface area contributed by atoms with Crippen LogP contribution in [-0.4, -0.2) is 17.3 Å². The molecule has 0 saturated heterocycles. The first kappa shape index (κ1) is 11.7. The van der Waals surface area contributed by atoms with Crippen molar-refractivity contribution in [3.63, 3.8) is 0 Å². The van der Waals surface area contributed by atoms with Gasteiger partial charge in [-0.05, 0) is 23.8 Å². The lowest BCUT2D eigenvalue weighted by Gasteiger charge is -2.05. The maximum absolute atomic E-state index is 5.91. The lowest BCUT2D eigenvalue weighted by molar-refractivity contribution is 0.393. The zero-order chi connectivity index (χ0) is 12.3. The molecule has 5 heteroatoms. The highest BCUT2D eigenvalue weighted by Gasteiger charge is 2.05. The van der Waals surface area contributed by atoms with E-state index >= 15 is 0 Å². The highest BCUT2D eigenvalue weighted by atomic mass is 35.5. The second-order valence-electron chi connectivity index (χ2n) is 3.61. The Morgan fingerprint density at radius 3 is 2.76 bits per heavy atom. The van der Waals surface area contributed by atoms with Crippen LogP contribution in [0.15, 0.2) is 30.3 Å². The summed E-state index contributed by atoms with van der Waals surface area (Å²) in [6.45, 7) is 0. The number of anilines is 1. The lowest BCUT2D eigenvalue weighted by Crippen LogP contribution is -2.01. The predicted octanol–water partition coefficient (Wildman–Crippen LogP) is 2.31. The molecule has 17 heavy (non-hydrogen) atoms. The highest BCUT2D eigenvalue weighted by Crippen LogP contribution is 2.19. The number of nitrogen functional groups attached to an aromatic ring is 1. The van der Waals surface area contributed by atoms with Crippen LogP contribution in [0.4, 0.5) is 5.69 Å². The van der Waals surface area contributed by atoms with E-state index in [2.05, 4.69) is 10.2 Å². The summed E-state index contributed by atoms with van der Waals surface area (Å²) in [6.07, 6.45) is 0.641. The fourth-order valence-corrected chi connectivity index (χ4v) is 1.75. The van der Waals surface area contributed by atoms with Crippen molar-refractivity contribution in [3.8, 4) is 5.88 Å². The number of nitrogens with zero attached hydrogens (tertiary/aromatic N) is 2. The first-order chi connectivity index (χ1) is 8.19. The van der Waals surface area contributed by atoms with Gasteiger partial charge in [-0.25, -0.2) is 0 Å². The van der Waals surface area contributed by atoms with Crippen LogP contribution in [-0.2, 0) is 6.42 Å². The molecule has 0 atom stereocenters. The van der Waals surface area contributed by atoms with Crippen molar-refractivity contribution in [2.75, 3.05) is 12.8 Å². The third-order valence-electron chi connectivity index (χ3n) is 2.31. The van der Waals surface area contributed by atoms with Gasteiger partial charge in [-0.3, -0.25) is 0 Å². The standard InChI is InChI=1S/C12H12ClN3O/c1-17-12-11(14)7-10(15-16-12)6-8-3-2-4-9(13)5-8/h2-5,7H,6H2,1H3,(H2,14,15). The second kappa shape index (κ2) is 5.01. The molecule has 0 unspecified atom stereocenters. The SMILES string of the molecule is COc1nnc(Cc2cccc(Cl)c2)cc1N. The van der Waals surface area contributed by atoms with Gasteiger partial charge in [0.25, 0.3) is 5.88 Å². The zero-order valence-corrected chi connectivity index (χ0v) is 10.1. The summed E-state index contributed by atoms with van der Waals surface area (Å²) >= 11 is 5.91. The summed E-state index contributed by atoms with van der Waals surface area (Å²) in [7, 11) is 1.51. The molecule has 2 rings (SSSR count). The van der Waals surface area contributed by atoms with Gasteiger partial charge in [-0.15, -0.1) is 5.10 Å². The largest absolute Gasteiger partial charge is 0.478 e. The van der Waals surface area contributed by atoms with Crippen LogP contribution in [0.2, 0.25) is 5.02 Å². The summed E-state index contributed by atoms with van der Waals surface area (Å²) in [5, 5.41) is 8.63. The van der Waals surface area contributed by atoms with Gasteiger partial charge < -0.3 is 10.5 Å². The predicted molar refractivity (Wildman–Crippen MR) is 67.3 cm³/mol. The fourth-order valence-electron chi connectivity index (χ4n) is 1.54. The summed E-state index contributed by atoms with van der Waals surface area (Å²) in [5.41, 5.74) is 8.10. The monoisotopic (exact) mass is 249 g/mol. The Kier molecular flexibility index (Phi) is 3.44. The van der Waals surface area contributed by atoms with Crippen molar-refractivity contribution in [2.45, 2.75) is 6.42 Å². The van der Waals surface area contributed by atoms with Crippen molar-refractivity contribution >= 4 is 17.3 Å². The van der Waals surface area contributed by atoms with E-state index in [1.54, 1.807) is 6.07 Å². The number of halogens is 1. The Morgan fingerprint density at radius 2 is 2.12 bits per heavy atom. The van der Waals surface area contributed by atoms with Gasteiger partial charge in [-0.1, -0.05) is 23.7 Å². The number of nitrogens with two attached hydrogens (primary N) is 1. The van der Waals surface area contributed by atoms with Gasteiger partial charge in [0.2, 0.25) is 0 Å². The molecule has 0 bridgehead atoms. The van der Waals surface area contributed by atoms with E-state index in [-0.39, 0.29) is 0 Å². The molecule has 0 saturated carbocycles. The topological polar surface area (TPSA) is 61.0 Å². The lowest BCUT2D eigenvalue weighted by atomic mass is 10.1. The van der Waals surface area contributed by atoms with Gasteiger partial charge in [0.15, 0.2) is 0 Å². The van der Waals surface area contributed by atoms with Crippen LogP contribution in [0.1, 0.15) is 11.3 Å². The minimum atomic E-state index is 0.347. The molecule has 0 aliphatic rings. The maximum Gasteiger partial charge on any atom is 0.256 e. The number of benzene rings is 1. The normalized spacial score (nSPS) is 10.2. The van der Waals surface area contributed by atoms with Gasteiger partial charge in [0.1, 0.15) is 0 Å². The molecule has 88 valence electrons. The van der Waals surface area contributed by atoms with Crippen molar-refractivity contribution in [1.82, 2.24) is 10.2 Å². The molecule has 1 aromatic heterocycles. The average molecular weight is 250 g/mol. The molecule has 0 radical (unpaired) electrons. The van der Waals surface area contributed by atoms with Crippen LogP contribution in [0.3, 0.4) is 0 Å². The van der Waals surface area contributed by atoms with E-state index in [0.717, 1.165) is 11.3 Å². The molecule has 2 aromatic rings. The Hall–Kier alpha value is -1.81. The third-order valence-corrected chi connectivity index (χ3v) is 2.54. The molecule has 4 nitrogen and oxygen atoms in total. The number of ether oxygens (including phenoxy) is 1. The number of methoxy groups -OCH3 is 1. The van der Waals surface area contributed by atoms with Crippen molar-refractivity contribution < 1.29 is 4.74 Å². The molecule has 0 fully saturated rings. The molecule has 1 aromatic carbocycles. The van der Waals surface area contributed by atoms with E-state index in [0.29, 0.717) is 23.0 Å². The van der Waals surface area contributed by atoms with E-state index < -0.39 is 0 Å². The highest BCUT2D eigenvalue weighted by molar-refractivity contribution is 6.30. The maximum atomic E-state index is 5.91. The summed E-state index contributed by atoms with van der Waals surface area (Å²) < 4.78 is 4.95. The molecular formula is C12H12ClN3O. The van der Waals surface area contributed by atoms with E-state index in [1.807, 2.05) is 24.3 Å². The minimum Gasteiger partial charge on any atom is -0.478 e. The number of hydrogen-bond donors (Lipinski definition) is 1. The fraction of sp³-hybridized carbons (Fsp3) is 0.167. The van der Waals surface area contributed by atoms with Crippen LogP contribution in [0.25, 0.3) is 0 Å². The Morgan fingerprint density at radius 1 is 1.29 bits per heavy atom. The van der Waals surface area contributed by atoms with Crippen LogP contribution < -0.4 is 10.5 Å². The number of hydrogen-bond acceptors (Lipinski definition) is 4. The van der Waals surface area contributed by atoms with Gasteiger partial charge in [0.05, 0.1) is 18.5 Å². The van der Waals surface area contributed by atoms with E-state index in [1.165, 1.54) is 7.11 Å². The summed E-state index contributed by atoms with van der Waals surface area (Å²) in [4.78, 5) is 0. The molecule has 2 N–H and O–H groups in total. The van der Waals surface area contributed by atoms with Crippen molar-refractivity contribution in [2.24, 2.45) is 0 Å². The second-order valence-corrected chi connectivity index (χ2v) is 4.04. The molecule has 0 aliphatic heterocycles. The quantitative estimate of drug-likeness (QED) is 0.907. The smallest absolute Gasteiger partial charge is 0.256 e. The van der Waals surface area contributed by atoms with Crippen LogP contribution in [0, 0.1) is 0 Å². The molecule has 0 amide bonds. The Balaban J connectivity index is 2.22. The molecule has 0 spiro atoms. The van der Waals surface area contributed by atoms with Crippen molar-refractivity contribution in [3.05, 3.63) is 46.6 Å². The Bertz CT molecular complexity index is 531. The first-order valence-electron chi connectivity index (χ1n) is 5.09. The Labute approximate surface area is 104 Å². The molecule has 0 aliphatic carbocycles. The van der Waals surface area contributed by atoms with Crippen LogP contribution in [0.5, 0.6) is 5.88 Å². The average Bonchev–Trinajstić information content (AvgIpc) is 2.29. The van der Waals surface area contributed by atoms with Gasteiger partial charge in [-0.2, -0.15) is 5.10 Å². The first-order valence-corrected chi connectivity index (χ1v) is 5.47. The number of aromatic nitrogens is 2. The summed E-state index contributed by atoms with van der Waals surface area (Å²) in [6, 6.07) is 9.36. The number of rotatable bonds is 3. The van der Waals surface area contributed by atoms with E-state index in [4.69, 9.17) is 22.1 Å². The van der Waals surface area contributed by atoms with E-state index in [9.17, 15) is 0 Å². The van der Waals surface area contributed by atoms with Crippen molar-refractivity contribution in [1.29, 1.82) is 0 Å². The third kappa shape index (κ3) is 2.85. The molecule has 1 heterocycles. The molecular weight excluding hydrogens is 238 g/mol. The van der Waals surface area contributed by atoms with Gasteiger partial charge >= 0.3 is 0 Å². The zero-order valence-electron chi connectivity index (χ0n) is 9.35. The summed E-state index contributed by atoms with van der Waals surface area (Å²) in [5.74, 6) is 0.347. The minimum absolute atomic E-state index is 0.347. The van der Waals surface area contributed by atoms with Gasteiger partial charge in [0, 0.05) is 11.4 Å². The van der Waals surface area contributed by atoms with Crippen LogP contribution >= 0.6 is 11.6 Å².